The molecular weight excluding hydrogens is 488 g/mol. The Balaban J connectivity index is 1.80. The molecule has 1 atom stereocenters. The molecule has 12 heteroatoms. The van der Waals surface area contributed by atoms with Crippen LogP contribution in [-0.2, 0) is 11.0 Å². The molecule has 2 heterocycles. The Labute approximate surface area is 203 Å². The normalized spacial score (nSPS) is 19.5. The zero-order valence-corrected chi connectivity index (χ0v) is 19.7. The summed E-state index contributed by atoms with van der Waals surface area (Å²) in [5.41, 5.74) is -3.61. The van der Waals surface area contributed by atoms with Gasteiger partial charge in [0.15, 0.2) is 10.9 Å². The van der Waals surface area contributed by atoms with Crippen LogP contribution in [0.25, 0.3) is 0 Å². The van der Waals surface area contributed by atoms with Crippen molar-refractivity contribution in [1.29, 1.82) is 5.26 Å². The van der Waals surface area contributed by atoms with E-state index in [9.17, 15) is 23.1 Å². The molecule has 0 saturated carbocycles. The maximum atomic E-state index is 15.2. The number of nitrogens with zero attached hydrogens (tertiary/aromatic N) is 4. The summed E-state index contributed by atoms with van der Waals surface area (Å²) in [6.07, 6.45) is -5.57. The van der Waals surface area contributed by atoms with Gasteiger partial charge in [-0.05, 0) is 56.4 Å². The molecule has 0 bridgehead atoms. The SMILES string of the molecule is CN1C[C@@H](CO)Oc2ccc(N3C(=S)N(c4ccc(C#N)c(C(F)(F)F)c4F)C(=O)C3(C)C)cc21. The van der Waals surface area contributed by atoms with Gasteiger partial charge in [0.05, 0.1) is 36.2 Å². The molecule has 4 rings (SSSR count). The third-order valence-electron chi connectivity index (χ3n) is 6.02. The van der Waals surface area contributed by atoms with Crippen LogP contribution < -0.4 is 19.4 Å². The van der Waals surface area contributed by atoms with E-state index >= 15 is 4.39 Å². The molecule has 2 aliphatic heterocycles. The van der Waals surface area contributed by atoms with Crippen molar-refractivity contribution in [3.8, 4) is 11.8 Å². The van der Waals surface area contributed by atoms with E-state index < -0.39 is 46.4 Å². The summed E-state index contributed by atoms with van der Waals surface area (Å²) in [7, 11) is 1.80. The topological polar surface area (TPSA) is 80.0 Å². The summed E-state index contributed by atoms with van der Waals surface area (Å²) in [6, 6.07) is 8.05. The maximum Gasteiger partial charge on any atom is 0.420 e. The van der Waals surface area contributed by atoms with E-state index in [4.69, 9.17) is 22.2 Å². The standard InChI is InChI=1S/C23H20F4N4O3S/c1-22(2)20(33)30(15-6-4-12(9-28)18(19(15)24)23(25,26)27)21(35)31(22)13-5-7-17-16(8-13)29(3)10-14(11-32)34-17/h4-8,14,32H,10-11H2,1-3H3/t14-/m0/s1. The van der Waals surface area contributed by atoms with Crippen molar-refractivity contribution in [2.45, 2.75) is 31.7 Å². The average molecular weight is 508 g/mol. The molecule has 2 aromatic carbocycles. The Morgan fingerprint density at radius 3 is 2.54 bits per heavy atom. The van der Waals surface area contributed by atoms with Gasteiger partial charge < -0.3 is 19.6 Å². The largest absolute Gasteiger partial charge is 0.484 e. The second kappa shape index (κ2) is 8.35. The lowest BCUT2D eigenvalue weighted by Gasteiger charge is -2.35. The van der Waals surface area contributed by atoms with Gasteiger partial charge in [0.1, 0.15) is 23.0 Å². The van der Waals surface area contributed by atoms with Gasteiger partial charge in [-0.25, -0.2) is 4.39 Å². The number of alkyl halides is 3. The van der Waals surface area contributed by atoms with Crippen molar-refractivity contribution in [3.05, 3.63) is 47.3 Å². The minimum atomic E-state index is -5.15. The van der Waals surface area contributed by atoms with Crippen LogP contribution in [0.3, 0.4) is 0 Å². The predicted octanol–water partition coefficient (Wildman–Crippen LogP) is 3.82. The molecule has 2 aliphatic rings. The summed E-state index contributed by atoms with van der Waals surface area (Å²) in [4.78, 5) is 17.4. The van der Waals surface area contributed by atoms with E-state index in [1.54, 1.807) is 25.2 Å². The van der Waals surface area contributed by atoms with Crippen molar-refractivity contribution < 1.29 is 32.2 Å². The number of benzene rings is 2. The number of halogens is 4. The van der Waals surface area contributed by atoms with E-state index in [0.29, 0.717) is 23.7 Å². The average Bonchev–Trinajstić information content (AvgIpc) is 2.96. The first-order valence-electron chi connectivity index (χ1n) is 10.4. The maximum absolute atomic E-state index is 15.2. The van der Waals surface area contributed by atoms with Crippen molar-refractivity contribution in [1.82, 2.24) is 0 Å². The number of rotatable bonds is 3. The number of aliphatic hydroxyl groups excluding tert-OH is 1. The van der Waals surface area contributed by atoms with Crippen LogP contribution in [0.15, 0.2) is 30.3 Å². The Morgan fingerprint density at radius 2 is 1.94 bits per heavy atom. The number of nitriles is 1. The molecule has 184 valence electrons. The molecule has 0 radical (unpaired) electrons. The molecule has 1 amide bonds. The summed E-state index contributed by atoms with van der Waals surface area (Å²) in [6.45, 7) is 3.28. The second-order valence-corrected chi connectivity index (χ2v) is 9.07. The minimum absolute atomic E-state index is 0.172. The van der Waals surface area contributed by atoms with Crippen LogP contribution in [0, 0.1) is 17.1 Å². The van der Waals surface area contributed by atoms with Crippen LogP contribution in [0.5, 0.6) is 5.75 Å². The number of hydrogen-bond donors (Lipinski definition) is 1. The fourth-order valence-electron chi connectivity index (χ4n) is 4.31. The lowest BCUT2D eigenvalue weighted by atomic mass is 10.0. The minimum Gasteiger partial charge on any atom is -0.484 e. The number of fused-ring (bicyclic) bond motifs is 1. The van der Waals surface area contributed by atoms with Gasteiger partial charge >= 0.3 is 6.18 Å². The molecule has 0 aliphatic carbocycles. The Kier molecular flexibility index (Phi) is 5.89. The predicted molar refractivity (Wildman–Crippen MR) is 124 cm³/mol. The third-order valence-corrected chi connectivity index (χ3v) is 6.39. The van der Waals surface area contributed by atoms with E-state index in [2.05, 4.69) is 0 Å². The molecule has 1 N–H and O–H groups in total. The molecule has 0 unspecified atom stereocenters. The number of ether oxygens (including phenoxy) is 1. The monoisotopic (exact) mass is 508 g/mol. The highest BCUT2D eigenvalue weighted by Crippen LogP contribution is 2.44. The van der Waals surface area contributed by atoms with Crippen molar-refractivity contribution in [2.24, 2.45) is 0 Å². The van der Waals surface area contributed by atoms with Gasteiger partial charge in [0.2, 0.25) is 0 Å². The van der Waals surface area contributed by atoms with E-state index in [1.165, 1.54) is 24.8 Å². The van der Waals surface area contributed by atoms with Gasteiger partial charge in [0.25, 0.3) is 5.91 Å². The highest BCUT2D eigenvalue weighted by Gasteiger charge is 2.52. The summed E-state index contributed by atoms with van der Waals surface area (Å²) in [5.74, 6) is -1.99. The number of likely N-dealkylation sites (N-methyl/N-ethyl adjacent to an activating group) is 1. The fourth-order valence-corrected chi connectivity index (χ4v) is 4.82. The highest BCUT2D eigenvalue weighted by molar-refractivity contribution is 7.81. The first kappa shape index (κ1) is 24.7. The van der Waals surface area contributed by atoms with E-state index in [0.717, 1.165) is 17.0 Å². The quantitative estimate of drug-likeness (QED) is 0.499. The van der Waals surface area contributed by atoms with Crippen LogP contribution in [0.2, 0.25) is 0 Å². The molecular formula is C23H20F4N4O3S. The van der Waals surface area contributed by atoms with Crippen LogP contribution in [0.4, 0.5) is 34.6 Å². The number of anilines is 3. The van der Waals surface area contributed by atoms with Gasteiger partial charge in [-0.1, -0.05) is 0 Å². The molecule has 1 saturated heterocycles. The number of carbonyl (C=O) groups is 1. The van der Waals surface area contributed by atoms with Crippen molar-refractivity contribution in [2.75, 3.05) is 34.9 Å². The summed E-state index contributed by atoms with van der Waals surface area (Å²) >= 11 is 5.47. The van der Waals surface area contributed by atoms with E-state index in [1.807, 2.05) is 4.90 Å². The lowest BCUT2D eigenvalue weighted by molar-refractivity contribution is -0.140. The third kappa shape index (κ3) is 3.84. The van der Waals surface area contributed by atoms with Gasteiger partial charge in [-0.3, -0.25) is 9.69 Å². The van der Waals surface area contributed by atoms with Crippen LogP contribution in [0.1, 0.15) is 25.0 Å². The van der Waals surface area contributed by atoms with Crippen molar-refractivity contribution >= 4 is 40.3 Å². The Bertz CT molecular complexity index is 1270. The summed E-state index contributed by atoms with van der Waals surface area (Å²) < 4.78 is 61.5. The lowest BCUT2D eigenvalue weighted by Crippen LogP contribution is -2.44. The number of aliphatic hydroxyl groups is 1. The first-order valence-corrected chi connectivity index (χ1v) is 10.8. The second-order valence-electron chi connectivity index (χ2n) is 8.70. The zero-order chi connectivity index (χ0) is 25.9. The summed E-state index contributed by atoms with van der Waals surface area (Å²) in [5, 5.41) is 18.2. The molecule has 0 aromatic heterocycles. The number of thiocarbonyl (C=S) groups is 1. The van der Waals surface area contributed by atoms with Crippen molar-refractivity contribution in [3.63, 3.8) is 0 Å². The number of carbonyl (C=O) groups excluding carboxylic acids is 1. The molecule has 0 spiro atoms. The van der Waals surface area contributed by atoms with Gasteiger partial charge in [-0.15, -0.1) is 0 Å². The fraction of sp³-hybridized carbons (Fsp3) is 0.348. The van der Waals surface area contributed by atoms with E-state index in [-0.39, 0.29) is 11.7 Å². The molecule has 35 heavy (non-hydrogen) atoms. The smallest absolute Gasteiger partial charge is 0.420 e. The molecule has 1 fully saturated rings. The first-order chi connectivity index (χ1) is 16.3. The number of amides is 1. The highest BCUT2D eigenvalue weighted by atomic mass is 32.1. The Morgan fingerprint density at radius 1 is 1.26 bits per heavy atom. The van der Waals surface area contributed by atoms with Gasteiger partial charge in [-0.2, -0.15) is 18.4 Å². The molecule has 2 aromatic rings. The Hall–Kier alpha value is -3.43. The number of hydrogen-bond acceptors (Lipinski definition) is 6. The molecule has 7 nitrogen and oxygen atoms in total. The zero-order valence-electron chi connectivity index (χ0n) is 18.9. The van der Waals surface area contributed by atoms with Crippen LogP contribution in [-0.4, -0.2) is 48.0 Å². The van der Waals surface area contributed by atoms with Crippen LogP contribution >= 0.6 is 12.2 Å². The van der Waals surface area contributed by atoms with Gasteiger partial charge in [0, 0.05) is 12.7 Å².